The summed E-state index contributed by atoms with van der Waals surface area (Å²) in [6.07, 6.45) is 0.626. The van der Waals surface area contributed by atoms with Crippen LogP contribution in [0.15, 0.2) is 42.5 Å². The van der Waals surface area contributed by atoms with Crippen molar-refractivity contribution >= 4 is 39.3 Å². The Balaban J connectivity index is 2.00. The zero-order valence-corrected chi connectivity index (χ0v) is 12.4. The smallest absolute Gasteiger partial charge is 0.234 e. The predicted molar refractivity (Wildman–Crippen MR) is 86.8 cm³/mol. The van der Waals surface area contributed by atoms with Crippen LogP contribution in [0.1, 0.15) is 19.8 Å². The number of amides is 2. The molecule has 1 aromatic heterocycles. The Morgan fingerprint density at radius 1 is 0.909 bits per heavy atom. The Labute approximate surface area is 127 Å². The number of anilines is 1. The van der Waals surface area contributed by atoms with Gasteiger partial charge in [-0.25, -0.2) is 0 Å². The standard InChI is InChI=1S/C18H16N2O2/c1-2-19-15-6-4-3-5-13(15)14-11-12(7-8-16(14)19)20-17(21)9-10-18(20)22/h3-8,11H,2,9-10H2,1H3. The van der Waals surface area contributed by atoms with Gasteiger partial charge >= 0.3 is 0 Å². The number of carbonyl (C=O) groups is 2. The van der Waals surface area contributed by atoms with Crippen molar-refractivity contribution in [2.45, 2.75) is 26.3 Å². The number of carbonyl (C=O) groups excluding carboxylic acids is 2. The third-order valence-electron chi connectivity index (χ3n) is 4.38. The molecule has 3 aromatic rings. The molecule has 110 valence electrons. The van der Waals surface area contributed by atoms with E-state index in [0.717, 1.165) is 22.8 Å². The minimum Gasteiger partial charge on any atom is -0.341 e. The third kappa shape index (κ3) is 1.70. The Kier molecular flexibility index (Phi) is 2.79. The van der Waals surface area contributed by atoms with Gasteiger partial charge in [0.1, 0.15) is 0 Å². The predicted octanol–water partition coefficient (Wildman–Crippen LogP) is 3.47. The van der Waals surface area contributed by atoms with E-state index in [1.165, 1.54) is 10.4 Å². The van der Waals surface area contributed by atoms with E-state index in [9.17, 15) is 9.59 Å². The van der Waals surface area contributed by atoms with Crippen LogP contribution < -0.4 is 4.90 Å². The van der Waals surface area contributed by atoms with Gasteiger partial charge in [0, 0.05) is 41.2 Å². The highest BCUT2D eigenvalue weighted by Gasteiger charge is 2.30. The average molecular weight is 292 g/mol. The summed E-state index contributed by atoms with van der Waals surface area (Å²) in [6.45, 7) is 3.00. The second-order valence-corrected chi connectivity index (χ2v) is 5.59. The van der Waals surface area contributed by atoms with E-state index in [0.29, 0.717) is 18.5 Å². The molecule has 0 saturated carbocycles. The molecule has 0 bridgehead atoms. The first-order chi connectivity index (χ1) is 10.7. The molecule has 4 heteroatoms. The number of hydrogen-bond donors (Lipinski definition) is 0. The largest absolute Gasteiger partial charge is 0.341 e. The Morgan fingerprint density at radius 2 is 1.59 bits per heavy atom. The molecule has 4 rings (SSSR count). The summed E-state index contributed by atoms with van der Waals surface area (Å²) in [5.41, 5.74) is 2.99. The average Bonchev–Trinajstić information content (AvgIpc) is 3.04. The molecule has 1 aliphatic heterocycles. The number of para-hydroxylation sites is 1. The molecule has 1 saturated heterocycles. The fraction of sp³-hybridized carbons (Fsp3) is 0.222. The van der Waals surface area contributed by atoms with Gasteiger partial charge in [0.2, 0.25) is 11.8 Å². The van der Waals surface area contributed by atoms with E-state index in [4.69, 9.17) is 0 Å². The quantitative estimate of drug-likeness (QED) is 0.679. The number of hydrogen-bond acceptors (Lipinski definition) is 2. The number of rotatable bonds is 2. The van der Waals surface area contributed by atoms with Crippen molar-refractivity contribution in [3.8, 4) is 0 Å². The number of aryl methyl sites for hydroxylation is 1. The van der Waals surface area contributed by atoms with E-state index < -0.39 is 0 Å². The van der Waals surface area contributed by atoms with Crippen LogP contribution in [0.25, 0.3) is 21.8 Å². The molecule has 0 unspecified atom stereocenters. The van der Waals surface area contributed by atoms with Crippen LogP contribution in [0.2, 0.25) is 0 Å². The highest BCUT2D eigenvalue weighted by Crippen LogP contribution is 2.33. The van der Waals surface area contributed by atoms with Gasteiger partial charge in [0.25, 0.3) is 0 Å². The maximum Gasteiger partial charge on any atom is 0.234 e. The van der Waals surface area contributed by atoms with Gasteiger partial charge in [-0.3, -0.25) is 14.5 Å². The highest BCUT2D eigenvalue weighted by molar-refractivity contribution is 6.21. The lowest BCUT2D eigenvalue weighted by molar-refractivity contribution is -0.121. The molecule has 2 heterocycles. The monoisotopic (exact) mass is 292 g/mol. The summed E-state index contributed by atoms with van der Waals surface area (Å²) in [5.74, 6) is -0.216. The summed E-state index contributed by atoms with van der Waals surface area (Å²) in [6, 6.07) is 14.1. The van der Waals surface area contributed by atoms with Gasteiger partial charge in [-0.1, -0.05) is 18.2 Å². The first kappa shape index (κ1) is 13.1. The Bertz CT molecular complexity index is 907. The van der Waals surface area contributed by atoms with Crippen LogP contribution in [-0.2, 0) is 16.1 Å². The lowest BCUT2D eigenvalue weighted by Gasteiger charge is -2.14. The van der Waals surface area contributed by atoms with Crippen LogP contribution in [0.4, 0.5) is 5.69 Å². The third-order valence-corrected chi connectivity index (χ3v) is 4.38. The molecule has 0 N–H and O–H groups in total. The molecule has 0 atom stereocenters. The van der Waals surface area contributed by atoms with E-state index in [2.05, 4.69) is 23.6 Å². The number of nitrogens with zero attached hydrogens (tertiary/aromatic N) is 2. The van der Waals surface area contributed by atoms with Crippen LogP contribution in [-0.4, -0.2) is 16.4 Å². The van der Waals surface area contributed by atoms with Crippen molar-refractivity contribution < 1.29 is 9.59 Å². The first-order valence-electron chi connectivity index (χ1n) is 7.57. The minimum atomic E-state index is -0.108. The van der Waals surface area contributed by atoms with Crippen LogP contribution in [0.3, 0.4) is 0 Å². The van der Waals surface area contributed by atoms with Crippen molar-refractivity contribution in [2.24, 2.45) is 0 Å². The minimum absolute atomic E-state index is 0.108. The fourth-order valence-corrected chi connectivity index (χ4v) is 3.39. The zero-order valence-electron chi connectivity index (χ0n) is 12.4. The van der Waals surface area contributed by atoms with Crippen molar-refractivity contribution in [2.75, 3.05) is 4.90 Å². The zero-order chi connectivity index (χ0) is 15.3. The molecule has 4 nitrogen and oxygen atoms in total. The maximum absolute atomic E-state index is 11.9. The number of benzene rings is 2. The van der Waals surface area contributed by atoms with Crippen molar-refractivity contribution in [3.63, 3.8) is 0 Å². The molecule has 1 aliphatic rings. The van der Waals surface area contributed by atoms with Gasteiger partial charge in [-0.2, -0.15) is 0 Å². The normalized spacial score (nSPS) is 15.4. The van der Waals surface area contributed by atoms with E-state index in [1.54, 1.807) is 0 Å². The Hall–Kier alpha value is -2.62. The summed E-state index contributed by atoms with van der Waals surface area (Å²) >= 11 is 0. The maximum atomic E-state index is 11.9. The second kappa shape index (κ2) is 4.70. The van der Waals surface area contributed by atoms with Crippen LogP contribution >= 0.6 is 0 Å². The molecule has 0 spiro atoms. The lowest BCUT2D eigenvalue weighted by Crippen LogP contribution is -2.28. The topological polar surface area (TPSA) is 42.3 Å². The SMILES string of the molecule is CCn1c2ccccc2c2cc(N3C(=O)CCC3=O)ccc21. The second-order valence-electron chi connectivity index (χ2n) is 5.59. The van der Waals surface area contributed by atoms with Crippen molar-refractivity contribution in [3.05, 3.63) is 42.5 Å². The summed E-state index contributed by atoms with van der Waals surface area (Å²) in [5, 5.41) is 2.24. The molecule has 0 radical (unpaired) electrons. The Morgan fingerprint density at radius 3 is 2.32 bits per heavy atom. The highest BCUT2D eigenvalue weighted by atomic mass is 16.2. The number of imide groups is 1. The number of aromatic nitrogens is 1. The summed E-state index contributed by atoms with van der Waals surface area (Å²) in [4.78, 5) is 25.2. The van der Waals surface area contributed by atoms with Gasteiger partial charge in [-0.15, -0.1) is 0 Å². The van der Waals surface area contributed by atoms with Crippen molar-refractivity contribution in [1.82, 2.24) is 4.57 Å². The van der Waals surface area contributed by atoms with Gasteiger partial charge in [0.15, 0.2) is 0 Å². The van der Waals surface area contributed by atoms with Gasteiger partial charge < -0.3 is 4.57 Å². The molecule has 0 aliphatic carbocycles. The molecule has 1 fully saturated rings. The lowest BCUT2D eigenvalue weighted by atomic mass is 10.1. The first-order valence-corrected chi connectivity index (χ1v) is 7.57. The van der Waals surface area contributed by atoms with Crippen LogP contribution in [0, 0.1) is 0 Å². The van der Waals surface area contributed by atoms with Gasteiger partial charge in [-0.05, 0) is 31.2 Å². The van der Waals surface area contributed by atoms with E-state index in [1.807, 2.05) is 30.3 Å². The number of fused-ring (bicyclic) bond motifs is 3. The fourth-order valence-electron chi connectivity index (χ4n) is 3.39. The van der Waals surface area contributed by atoms with E-state index >= 15 is 0 Å². The molecular weight excluding hydrogens is 276 g/mol. The molecular formula is C18H16N2O2. The van der Waals surface area contributed by atoms with Gasteiger partial charge in [0.05, 0.1) is 5.69 Å². The van der Waals surface area contributed by atoms with Crippen molar-refractivity contribution in [1.29, 1.82) is 0 Å². The van der Waals surface area contributed by atoms with Crippen LogP contribution in [0.5, 0.6) is 0 Å². The summed E-state index contributed by atoms with van der Waals surface area (Å²) in [7, 11) is 0. The molecule has 2 amide bonds. The summed E-state index contributed by atoms with van der Waals surface area (Å²) < 4.78 is 2.25. The molecule has 22 heavy (non-hydrogen) atoms. The van der Waals surface area contributed by atoms with E-state index in [-0.39, 0.29) is 11.8 Å². The molecule has 2 aromatic carbocycles.